The highest BCUT2D eigenvalue weighted by Gasteiger charge is 2.40. The number of hydrazine groups is 1. The molecular formula is C51H67N9O8. The van der Waals surface area contributed by atoms with Gasteiger partial charge in [-0.15, -0.1) is 0 Å². The summed E-state index contributed by atoms with van der Waals surface area (Å²) in [5, 5.41) is 19.8. The average molecular weight is 934 g/mol. The molecule has 0 unspecified atom stereocenters. The van der Waals surface area contributed by atoms with Crippen molar-refractivity contribution in [2.24, 2.45) is 11.3 Å². The number of phenolic OH excluding ortho intramolecular Hbond substituents is 1. The van der Waals surface area contributed by atoms with Crippen LogP contribution in [0.25, 0.3) is 33.3 Å². The first kappa shape index (κ1) is 48.4. The molecule has 0 aliphatic carbocycles. The normalized spacial score (nSPS) is 21.8. The number of carbonyl (C=O) groups excluding carboxylic acids is 5. The van der Waals surface area contributed by atoms with Crippen LogP contribution in [-0.2, 0) is 48.0 Å². The van der Waals surface area contributed by atoms with E-state index in [9.17, 15) is 29.1 Å². The van der Waals surface area contributed by atoms with E-state index >= 15 is 0 Å². The quantitative estimate of drug-likeness (QED) is 0.135. The summed E-state index contributed by atoms with van der Waals surface area (Å²) in [7, 11) is 3.26. The van der Waals surface area contributed by atoms with Gasteiger partial charge in [0.05, 0.1) is 30.1 Å². The van der Waals surface area contributed by atoms with Gasteiger partial charge in [-0.05, 0) is 97.7 Å². The molecule has 6 bridgehead atoms. The van der Waals surface area contributed by atoms with Gasteiger partial charge in [0.25, 0.3) is 5.91 Å². The fraction of sp³-hybridized carbons (Fsp3) is 0.529. The number of rotatable bonds is 9. The number of esters is 1. The smallest absolute Gasteiger partial charge is 0.324 e. The maximum Gasteiger partial charge on any atom is 0.324 e. The van der Waals surface area contributed by atoms with Crippen molar-refractivity contribution in [1.82, 2.24) is 45.3 Å². The molecule has 4 N–H and O–H groups in total. The number of cyclic esters (lactones) is 1. The molecule has 4 aliphatic heterocycles. The summed E-state index contributed by atoms with van der Waals surface area (Å²) in [6, 6.07) is 12.0. The predicted molar refractivity (Wildman–Crippen MR) is 257 cm³/mol. The number of hydrogen-bond acceptors (Lipinski definition) is 11. The number of piperazine rings is 1. The molecule has 17 heteroatoms. The third-order valence-corrected chi connectivity index (χ3v) is 13.9. The Labute approximate surface area is 398 Å². The molecule has 2 aromatic heterocycles. The summed E-state index contributed by atoms with van der Waals surface area (Å²) in [4.78, 5) is 79.6. The minimum Gasteiger partial charge on any atom is -0.508 e. The number of fused-ring (bicyclic) bond motifs is 6. The van der Waals surface area contributed by atoms with Crippen molar-refractivity contribution >= 4 is 40.6 Å². The summed E-state index contributed by atoms with van der Waals surface area (Å²) in [6.07, 6.45) is 2.98. The Morgan fingerprint density at radius 1 is 1.01 bits per heavy atom. The number of urea groups is 1. The third kappa shape index (κ3) is 10.1. The maximum atomic E-state index is 14.8. The molecule has 3 fully saturated rings. The van der Waals surface area contributed by atoms with Crippen LogP contribution >= 0.6 is 0 Å². The molecule has 6 heterocycles. The molecule has 3 saturated heterocycles. The Hall–Kier alpha value is -6.04. The van der Waals surface area contributed by atoms with Gasteiger partial charge in [0, 0.05) is 94.5 Å². The van der Waals surface area contributed by atoms with Gasteiger partial charge in [0.2, 0.25) is 11.8 Å². The van der Waals surface area contributed by atoms with Gasteiger partial charge in [0.15, 0.2) is 0 Å². The van der Waals surface area contributed by atoms with E-state index in [0.29, 0.717) is 64.1 Å². The molecule has 2 aromatic carbocycles. The van der Waals surface area contributed by atoms with E-state index in [1.54, 1.807) is 42.3 Å². The lowest BCUT2D eigenvalue weighted by Gasteiger charge is -2.40. The van der Waals surface area contributed by atoms with Crippen LogP contribution < -0.4 is 16.1 Å². The number of ether oxygens (including phenoxy) is 2. The van der Waals surface area contributed by atoms with Gasteiger partial charge in [-0.2, -0.15) is 0 Å². The number of phenols is 1. The van der Waals surface area contributed by atoms with E-state index < -0.39 is 41.3 Å². The third-order valence-electron chi connectivity index (χ3n) is 13.9. The first-order valence-electron chi connectivity index (χ1n) is 24.0. The van der Waals surface area contributed by atoms with Crippen LogP contribution in [0.2, 0.25) is 0 Å². The average Bonchev–Trinajstić information content (AvgIpc) is 4.14. The molecule has 0 saturated carbocycles. The highest BCUT2D eigenvalue weighted by Crippen LogP contribution is 2.42. The van der Waals surface area contributed by atoms with E-state index in [-0.39, 0.29) is 55.3 Å². The Kier molecular flexibility index (Phi) is 14.2. The zero-order valence-electron chi connectivity index (χ0n) is 40.6. The second kappa shape index (κ2) is 19.9. The molecular weight excluding hydrogens is 867 g/mol. The molecule has 68 heavy (non-hydrogen) atoms. The number of aryl methyl sites for hydroxylation is 1. The van der Waals surface area contributed by atoms with Crippen LogP contribution in [0.1, 0.15) is 77.3 Å². The van der Waals surface area contributed by atoms with Crippen LogP contribution in [0.3, 0.4) is 0 Å². The number of hydrogen-bond donors (Lipinski definition) is 4. The van der Waals surface area contributed by atoms with Gasteiger partial charge in [-0.1, -0.05) is 39.8 Å². The Balaban J connectivity index is 1.16. The van der Waals surface area contributed by atoms with Gasteiger partial charge in [0.1, 0.15) is 23.9 Å². The topological polar surface area (TPSA) is 201 Å². The van der Waals surface area contributed by atoms with Crippen molar-refractivity contribution in [2.75, 3.05) is 60.0 Å². The summed E-state index contributed by atoms with van der Waals surface area (Å²) in [5.41, 5.74) is 9.56. The largest absolute Gasteiger partial charge is 0.508 e. The summed E-state index contributed by atoms with van der Waals surface area (Å²) in [5.74, 6) is -1.79. The molecule has 17 nitrogen and oxygen atoms in total. The molecule has 0 radical (unpaired) electrons. The molecule has 5 amide bonds. The number of carbonyl (C=O) groups is 5. The molecule has 0 spiro atoms. The monoisotopic (exact) mass is 934 g/mol. The number of methoxy groups -OCH3 is 1. The van der Waals surface area contributed by atoms with Crippen molar-refractivity contribution in [3.8, 4) is 28.1 Å². The van der Waals surface area contributed by atoms with Crippen molar-refractivity contribution in [3.05, 3.63) is 71.5 Å². The van der Waals surface area contributed by atoms with Crippen molar-refractivity contribution in [1.29, 1.82) is 0 Å². The van der Waals surface area contributed by atoms with Crippen LogP contribution in [-0.4, -0.2) is 148 Å². The number of likely N-dealkylation sites (N-methyl/N-ethyl adjacent to an activating group) is 1. The van der Waals surface area contributed by atoms with Crippen molar-refractivity contribution in [2.45, 2.75) is 104 Å². The number of aromatic hydroxyl groups is 1. The number of aromatic nitrogens is 2. The Morgan fingerprint density at radius 3 is 2.44 bits per heavy atom. The first-order chi connectivity index (χ1) is 32.5. The number of benzene rings is 2. The summed E-state index contributed by atoms with van der Waals surface area (Å²) < 4.78 is 14.2. The van der Waals surface area contributed by atoms with Crippen LogP contribution in [0.4, 0.5) is 4.79 Å². The molecule has 364 valence electrons. The minimum absolute atomic E-state index is 0.00685. The Morgan fingerprint density at radius 2 is 1.75 bits per heavy atom. The van der Waals surface area contributed by atoms with Crippen molar-refractivity contribution in [3.63, 3.8) is 0 Å². The zero-order chi connectivity index (χ0) is 48.6. The fourth-order valence-electron chi connectivity index (χ4n) is 10.2. The van der Waals surface area contributed by atoms with E-state index in [1.165, 1.54) is 9.91 Å². The number of nitrogens with one attached hydrogen (secondary N) is 3. The summed E-state index contributed by atoms with van der Waals surface area (Å²) in [6.45, 7) is 15.1. The molecule has 8 rings (SSSR count). The second-order valence-electron chi connectivity index (χ2n) is 19.9. The van der Waals surface area contributed by atoms with Gasteiger partial charge < -0.3 is 44.5 Å². The van der Waals surface area contributed by atoms with Crippen LogP contribution in [0.15, 0.2) is 54.7 Å². The van der Waals surface area contributed by atoms with Gasteiger partial charge in [-0.3, -0.25) is 29.2 Å². The number of nitrogens with zero attached hydrogens (tertiary/aromatic N) is 6. The van der Waals surface area contributed by atoms with E-state index in [4.69, 9.17) is 14.5 Å². The lowest BCUT2D eigenvalue weighted by molar-refractivity contribution is -0.155. The van der Waals surface area contributed by atoms with Crippen molar-refractivity contribution < 1.29 is 38.6 Å². The van der Waals surface area contributed by atoms with Crippen LogP contribution in [0.5, 0.6) is 5.75 Å². The molecule has 4 aliphatic rings. The van der Waals surface area contributed by atoms with E-state index in [1.807, 2.05) is 39.0 Å². The van der Waals surface area contributed by atoms with Gasteiger partial charge in [-0.25, -0.2) is 10.2 Å². The predicted octanol–water partition coefficient (Wildman–Crippen LogP) is 4.64. The lowest BCUT2D eigenvalue weighted by Crippen LogP contribution is -2.63. The SMILES string of the molecule is CCn1c(-c2cccnc2[C@H](C)OC)c2c3cc(ccc31)-c1cc(O)cc(c1)C[C@H](NC(=O)[C@H](C(C)C)N(C)C(=O)N1CCN(C(=O)[C@H]3CN3)CC1)C(=O)N1CCC[C@H](N1)C(=O)OCC(C)(C)C2. The molecule has 5 atom stereocenters. The second-order valence-corrected chi connectivity index (χ2v) is 19.9. The summed E-state index contributed by atoms with van der Waals surface area (Å²) >= 11 is 0. The standard InChI is InChI=1S/C51H67N9O8/c1-9-59-42-15-14-33-26-37(42)38(45(59)36-12-10-16-52-43(36)31(4)67-8)27-51(5,6)29-68-49(65)39-13-11-17-60(55-39)48(64)40(24-32-22-34(33)25-35(61)23-32)54-46(62)44(30(2)3)56(7)50(66)58-20-18-57(19-21-58)47(63)41-28-53-41/h10,12,14-16,22-23,25-26,30-31,39-41,44,53,55,61H,9,11,13,17-21,24,27-29H2,1-8H3,(H,54,62)/t31-,39-,40-,41+,44-/m0/s1. The highest BCUT2D eigenvalue weighted by atomic mass is 16.5. The Bertz CT molecular complexity index is 2560. The highest BCUT2D eigenvalue weighted by molar-refractivity contribution is 5.96. The minimum atomic E-state index is -1.16. The first-order valence-corrected chi connectivity index (χ1v) is 24.0. The van der Waals surface area contributed by atoms with E-state index in [2.05, 4.69) is 59.6 Å². The van der Waals surface area contributed by atoms with Gasteiger partial charge >= 0.3 is 12.0 Å². The number of pyridine rings is 1. The fourth-order valence-corrected chi connectivity index (χ4v) is 10.2. The zero-order valence-corrected chi connectivity index (χ0v) is 40.6. The van der Waals surface area contributed by atoms with E-state index in [0.717, 1.165) is 44.5 Å². The maximum absolute atomic E-state index is 14.8. The lowest BCUT2D eigenvalue weighted by atomic mass is 9.84. The van der Waals surface area contributed by atoms with Crippen LogP contribution in [0, 0.1) is 11.3 Å². The molecule has 4 aromatic rings. The number of amides is 5.